The second-order valence-corrected chi connectivity index (χ2v) is 9.23. The highest BCUT2D eigenvalue weighted by molar-refractivity contribution is 9.10. The molecule has 8 heteroatoms. The third kappa shape index (κ3) is 3.58. The molecule has 1 unspecified atom stereocenters. The summed E-state index contributed by atoms with van der Waals surface area (Å²) in [5.41, 5.74) is 3.03. The summed E-state index contributed by atoms with van der Waals surface area (Å²) in [6, 6.07) is 21.4. The fraction of sp³-hybridized carbons (Fsp3) is 0.231. The summed E-state index contributed by atoms with van der Waals surface area (Å²) >= 11 is 3.51. The van der Waals surface area contributed by atoms with Gasteiger partial charge in [0.1, 0.15) is 0 Å². The van der Waals surface area contributed by atoms with E-state index >= 15 is 0 Å². The highest BCUT2D eigenvalue weighted by Gasteiger charge is 2.52. The van der Waals surface area contributed by atoms with Gasteiger partial charge in [-0.3, -0.25) is 4.79 Å². The molecule has 0 aliphatic carbocycles. The van der Waals surface area contributed by atoms with E-state index in [1.165, 1.54) is 0 Å². The van der Waals surface area contributed by atoms with Gasteiger partial charge in [0.25, 0.3) is 5.91 Å². The third-order valence-corrected chi connectivity index (χ3v) is 6.95. The van der Waals surface area contributed by atoms with Crippen LogP contribution in [0.2, 0.25) is 0 Å². The lowest BCUT2D eigenvalue weighted by atomic mass is 9.87. The lowest BCUT2D eigenvalue weighted by Crippen LogP contribution is -2.56. The molecule has 2 aliphatic heterocycles. The third-order valence-electron chi connectivity index (χ3n) is 6.42. The second-order valence-electron chi connectivity index (χ2n) is 8.32. The van der Waals surface area contributed by atoms with Gasteiger partial charge < -0.3 is 19.7 Å². The molecule has 3 aromatic carbocycles. The van der Waals surface area contributed by atoms with Gasteiger partial charge in [-0.1, -0.05) is 34.1 Å². The molecular formula is C26H25BrN4O3. The van der Waals surface area contributed by atoms with Crippen molar-refractivity contribution in [1.82, 2.24) is 4.90 Å². The van der Waals surface area contributed by atoms with Gasteiger partial charge in [-0.25, -0.2) is 5.01 Å². The number of rotatable bonds is 5. The minimum Gasteiger partial charge on any atom is -0.493 e. The Morgan fingerprint density at radius 1 is 1.03 bits per heavy atom. The molecule has 0 spiro atoms. The molecule has 5 rings (SSSR count). The Bertz CT molecular complexity index is 1260. The van der Waals surface area contributed by atoms with Crippen LogP contribution in [0.4, 0.5) is 11.4 Å². The van der Waals surface area contributed by atoms with E-state index < -0.39 is 5.66 Å². The number of halogens is 1. The van der Waals surface area contributed by atoms with Gasteiger partial charge in [-0.15, -0.1) is 5.10 Å². The molecule has 0 radical (unpaired) electrons. The van der Waals surface area contributed by atoms with Crippen molar-refractivity contribution in [2.45, 2.75) is 19.0 Å². The van der Waals surface area contributed by atoms with E-state index in [9.17, 15) is 4.79 Å². The monoisotopic (exact) mass is 520 g/mol. The number of carbonyl (C=O) groups is 1. The predicted molar refractivity (Wildman–Crippen MR) is 136 cm³/mol. The van der Waals surface area contributed by atoms with Crippen LogP contribution in [-0.4, -0.2) is 37.4 Å². The van der Waals surface area contributed by atoms with Crippen LogP contribution in [0.15, 0.2) is 76.3 Å². The number of fused-ring (bicyclic) bond motifs is 3. The van der Waals surface area contributed by atoms with Gasteiger partial charge in [0, 0.05) is 22.3 Å². The van der Waals surface area contributed by atoms with Gasteiger partial charge in [0.15, 0.2) is 17.2 Å². The standard InChI is InChI=1S/C26H25BrN4O3/c1-26-21-16-23(34-3)22(33-2)15-17(21)13-14-30(26)24(25(32)28-19-7-5-4-6-8-19)29-31(26)20-11-9-18(27)10-12-20/h4-12,15-16H,13-14H2,1-3H3,(H,28,32). The minimum atomic E-state index is -0.732. The molecule has 1 atom stereocenters. The van der Waals surface area contributed by atoms with Crippen LogP contribution in [0.5, 0.6) is 11.5 Å². The Balaban J connectivity index is 1.63. The SMILES string of the molecule is COc1cc2c(cc1OC)C1(C)N(CC2)C(C(=O)Nc2ccccc2)=NN1c1ccc(Br)cc1. The van der Waals surface area contributed by atoms with Gasteiger partial charge in [0.2, 0.25) is 5.84 Å². The van der Waals surface area contributed by atoms with Gasteiger partial charge in [0.05, 0.1) is 19.9 Å². The lowest BCUT2D eigenvalue weighted by Gasteiger charge is -2.46. The largest absolute Gasteiger partial charge is 0.493 e. The first-order valence-corrected chi connectivity index (χ1v) is 11.8. The molecule has 0 saturated heterocycles. The van der Waals surface area contributed by atoms with E-state index in [-0.39, 0.29) is 5.91 Å². The van der Waals surface area contributed by atoms with Gasteiger partial charge in [-0.05, 0) is 67.4 Å². The molecule has 174 valence electrons. The maximum Gasteiger partial charge on any atom is 0.293 e. The summed E-state index contributed by atoms with van der Waals surface area (Å²) < 4.78 is 12.1. The summed E-state index contributed by atoms with van der Waals surface area (Å²) in [4.78, 5) is 15.5. The Morgan fingerprint density at radius 3 is 2.38 bits per heavy atom. The normalized spacial score (nSPS) is 18.6. The van der Waals surface area contributed by atoms with E-state index in [1.807, 2.05) is 71.7 Å². The molecule has 0 saturated carbocycles. The molecule has 1 amide bonds. The number of nitrogens with zero attached hydrogens (tertiary/aromatic N) is 3. The highest BCUT2D eigenvalue weighted by Crippen LogP contribution is 2.47. The van der Waals surface area contributed by atoms with Crippen molar-refractivity contribution < 1.29 is 14.3 Å². The number of amides is 1. The Hall–Kier alpha value is -3.52. The molecule has 34 heavy (non-hydrogen) atoms. The summed E-state index contributed by atoms with van der Waals surface area (Å²) in [5.74, 6) is 1.45. The first-order chi connectivity index (χ1) is 16.5. The molecule has 3 aromatic rings. The minimum absolute atomic E-state index is 0.249. The van der Waals surface area contributed by atoms with Crippen molar-refractivity contribution in [3.05, 3.63) is 82.3 Å². The molecule has 0 aromatic heterocycles. The summed E-state index contributed by atoms with van der Waals surface area (Å²) in [7, 11) is 3.27. The van der Waals surface area contributed by atoms with Crippen LogP contribution in [0, 0.1) is 0 Å². The average Bonchev–Trinajstić information content (AvgIpc) is 3.17. The van der Waals surface area contributed by atoms with Crippen molar-refractivity contribution >= 4 is 39.0 Å². The van der Waals surface area contributed by atoms with Crippen molar-refractivity contribution in [1.29, 1.82) is 0 Å². The highest BCUT2D eigenvalue weighted by atomic mass is 79.9. The number of benzene rings is 3. The zero-order valence-corrected chi connectivity index (χ0v) is 20.8. The quantitative estimate of drug-likeness (QED) is 0.514. The molecule has 1 N–H and O–H groups in total. The van der Waals surface area contributed by atoms with Crippen LogP contribution < -0.4 is 19.8 Å². The van der Waals surface area contributed by atoms with E-state index in [0.717, 1.165) is 33.4 Å². The Morgan fingerprint density at radius 2 is 1.71 bits per heavy atom. The summed E-state index contributed by atoms with van der Waals surface area (Å²) in [6.45, 7) is 2.72. The Kier molecular flexibility index (Phi) is 5.69. The van der Waals surface area contributed by atoms with Crippen molar-refractivity contribution in [3.63, 3.8) is 0 Å². The van der Waals surface area contributed by atoms with Crippen LogP contribution in [0.1, 0.15) is 18.1 Å². The smallest absolute Gasteiger partial charge is 0.293 e. The van der Waals surface area contributed by atoms with E-state index in [4.69, 9.17) is 14.6 Å². The zero-order chi connectivity index (χ0) is 23.9. The average molecular weight is 521 g/mol. The number of hydrogen-bond acceptors (Lipinski definition) is 6. The number of amidine groups is 1. The number of methoxy groups -OCH3 is 2. The second kappa shape index (κ2) is 8.68. The van der Waals surface area contributed by atoms with Crippen LogP contribution in [-0.2, 0) is 16.9 Å². The first-order valence-electron chi connectivity index (χ1n) is 11.0. The molecule has 0 fully saturated rings. The fourth-order valence-electron chi connectivity index (χ4n) is 4.72. The van der Waals surface area contributed by atoms with E-state index in [0.29, 0.717) is 23.9 Å². The summed E-state index contributed by atoms with van der Waals surface area (Å²) in [6.07, 6.45) is 0.747. The number of hydrazone groups is 1. The maximum absolute atomic E-state index is 13.4. The number of ether oxygens (including phenoxy) is 2. The summed E-state index contributed by atoms with van der Waals surface area (Å²) in [5, 5.41) is 9.78. The zero-order valence-electron chi connectivity index (χ0n) is 19.2. The fourth-order valence-corrected chi connectivity index (χ4v) is 4.98. The van der Waals surface area contributed by atoms with Crippen molar-refractivity contribution in [2.75, 3.05) is 31.1 Å². The molecule has 2 heterocycles. The molecule has 0 bridgehead atoms. The van der Waals surface area contributed by atoms with Crippen LogP contribution >= 0.6 is 15.9 Å². The van der Waals surface area contributed by atoms with E-state index in [1.54, 1.807) is 14.2 Å². The Labute approximate surface area is 207 Å². The molecular weight excluding hydrogens is 496 g/mol. The number of para-hydroxylation sites is 1. The number of carbonyl (C=O) groups excluding carboxylic acids is 1. The molecule has 7 nitrogen and oxygen atoms in total. The number of nitrogens with one attached hydrogen (secondary N) is 1. The van der Waals surface area contributed by atoms with Gasteiger partial charge >= 0.3 is 0 Å². The lowest BCUT2D eigenvalue weighted by molar-refractivity contribution is -0.111. The maximum atomic E-state index is 13.4. The van der Waals surface area contributed by atoms with Crippen molar-refractivity contribution in [3.8, 4) is 11.5 Å². The topological polar surface area (TPSA) is 66.4 Å². The van der Waals surface area contributed by atoms with Crippen molar-refractivity contribution in [2.24, 2.45) is 5.10 Å². The van der Waals surface area contributed by atoms with Gasteiger partial charge in [-0.2, -0.15) is 0 Å². The number of anilines is 2. The number of hydrogen-bond donors (Lipinski definition) is 1. The first kappa shape index (κ1) is 22.3. The van der Waals surface area contributed by atoms with Crippen LogP contribution in [0.3, 0.4) is 0 Å². The van der Waals surface area contributed by atoms with Crippen LogP contribution in [0.25, 0.3) is 0 Å². The molecule has 2 aliphatic rings. The predicted octanol–water partition coefficient (Wildman–Crippen LogP) is 4.97. The van der Waals surface area contributed by atoms with E-state index in [2.05, 4.69) is 33.1 Å².